The lowest BCUT2D eigenvalue weighted by molar-refractivity contribution is 0.114. The molecule has 0 bridgehead atoms. The van der Waals surface area contributed by atoms with Crippen LogP contribution in [-0.4, -0.2) is 54.2 Å². The first kappa shape index (κ1) is 21.6. The van der Waals surface area contributed by atoms with Gasteiger partial charge in [0.05, 0.1) is 4.87 Å². The smallest absolute Gasteiger partial charge is 0.0692 e. The molecule has 0 saturated carbocycles. The maximum absolute atomic E-state index is 2.59. The van der Waals surface area contributed by atoms with Crippen molar-refractivity contribution in [3.05, 3.63) is 0 Å². The number of hydrogen-bond acceptors (Lipinski definition) is 3. The maximum Gasteiger partial charge on any atom is 0.0692 e. The third kappa shape index (κ3) is 7.01. The lowest BCUT2D eigenvalue weighted by atomic mass is 10.0. The van der Waals surface area contributed by atoms with Gasteiger partial charge in [-0.2, -0.15) is 0 Å². The number of likely N-dealkylation sites (tertiary alicyclic amines) is 1. The van der Waals surface area contributed by atoms with Gasteiger partial charge < -0.3 is 4.90 Å². The molecule has 0 unspecified atom stereocenters. The third-order valence-electron chi connectivity index (χ3n) is 3.47. The van der Waals surface area contributed by atoms with Gasteiger partial charge in [-0.05, 0) is 45.7 Å². The number of nitrogens with zero attached hydrogens (tertiary/aromatic N) is 2. The van der Waals surface area contributed by atoms with E-state index in [-0.39, 0.29) is 0 Å². The summed E-state index contributed by atoms with van der Waals surface area (Å²) in [6.07, 6.45) is 4.08. The fourth-order valence-electron chi connectivity index (χ4n) is 2.37. The molecule has 118 valence electrons. The Morgan fingerprint density at radius 1 is 0.789 bits per heavy atom. The molecule has 2 aliphatic rings. The Hall–Kier alpha value is 0.270. The highest BCUT2D eigenvalue weighted by Crippen LogP contribution is 2.41. The molecule has 19 heavy (non-hydrogen) atoms. The van der Waals surface area contributed by atoms with Crippen molar-refractivity contribution in [1.82, 2.24) is 9.80 Å². The second-order valence-corrected chi connectivity index (χ2v) is 5.83. The van der Waals surface area contributed by atoms with Crippen LogP contribution in [0.1, 0.15) is 60.8 Å². The summed E-state index contributed by atoms with van der Waals surface area (Å²) in [6, 6.07) is 0. The van der Waals surface area contributed by atoms with Crippen LogP contribution in [0.2, 0.25) is 0 Å². The molecule has 0 radical (unpaired) electrons. The van der Waals surface area contributed by atoms with E-state index in [1.807, 2.05) is 41.5 Å². The van der Waals surface area contributed by atoms with Crippen LogP contribution in [0.25, 0.3) is 0 Å². The van der Waals surface area contributed by atoms with Gasteiger partial charge in [0.1, 0.15) is 0 Å². The highest BCUT2D eigenvalue weighted by molar-refractivity contribution is 8.00. The molecule has 0 N–H and O–H groups in total. The minimum absolute atomic E-state index is 0.505. The van der Waals surface area contributed by atoms with Gasteiger partial charge in [0.2, 0.25) is 0 Å². The topological polar surface area (TPSA) is 6.48 Å². The molecule has 2 nitrogen and oxygen atoms in total. The zero-order valence-corrected chi connectivity index (χ0v) is 15.6. The van der Waals surface area contributed by atoms with Crippen molar-refractivity contribution in [3.63, 3.8) is 0 Å². The summed E-state index contributed by atoms with van der Waals surface area (Å²) in [7, 11) is 4.54. The summed E-state index contributed by atoms with van der Waals surface area (Å²) in [6.45, 7) is 15.9. The molecule has 2 heterocycles. The summed E-state index contributed by atoms with van der Waals surface area (Å²) in [5, 5.41) is 0. The fraction of sp³-hybridized carbons (Fsp3) is 1.00. The van der Waals surface area contributed by atoms with Crippen LogP contribution in [0.4, 0.5) is 0 Å². The minimum Gasteiger partial charge on any atom is -0.306 e. The number of thioether (sulfide) groups is 1. The van der Waals surface area contributed by atoms with Gasteiger partial charge >= 0.3 is 0 Å². The van der Waals surface area contributed by atoms with Crippen LogP contribution < -0.4 is 0 Å². The van der Waals surface area contributed by atoms with E-state index in [9.17, 15) is 0 Å². The Balaban J connectivity index is 0. The normalized spacial score (nSPS) is 22.1. The van der Waals surface area contributed by atoms with Crippen LogP contribution in [-0.2, 0) is 0 Å². The summed E-state index contributed by atoms with van der Waals surface area (Å²) >= 11 is 2.20. The molecular weight excluding hydrogens is 252 g/mol. The molecule has 2 aliphatic heterocycles. The van der Waals surface area contributed by atoms with Crippen molar-refractivity contribution in [3.8, 4) is 0 Å². The lowest BCUT2D eigenvalue weighted by Crippen LogP contribution is -2.53. The van der Waals surface area contributed by atoms with Crippen molar-refractivity contribution in [1.29, 1.82) is 0 Å². The predicted molar refractivity (Wildman–Crippen MR) is 93.2 cm³/mol. The second-order valence-electron chi connectivity index (χ2n) is 4.37. The molecule has 2 fully saturated rings. The van der Waals surface area contributed by atoms with Crippen molar-refractivity contribution >= 4 is 11.8 Å². The average Bonchev–Trinajstić information content (AvgIpc) is 2.51. The van der Waals surface area contributed by atoms with E-state index in [0.717, 1.165) is 0 Å². The zero-order chi connectivity index (χ0) is 15.3. The highest BCUT2D eigenvalue weighted by atomic mass is 32.2. The summed E-state index contributed by atoms with van der Waals surface area (Å²) < 4.78 is 0. The largest absolute Gasteiger partial charge is 0.306 e. The fourth-order valence-corrected chi connectivity index (χ4v) is 3.81. The Kier molecular flexibility index (Phi) is 15.1. The first-order valence-electron chi connectivity index (χ1n) is 8.27. The molecule has 1 spiro atoms. The second kappa shape index (κ2) is 13.3. The number of hydrogen-bond donors (Lipinski definition) is 0. The van der Waals surface area contributed by atoms with Crippen LogP contribution >= 0.6 is 11.8 Å². The number of rotatable bonds is 0. The SMILES string of the molecule is CC.CC.CC.CN1CCC2(CC1)SCCCN2C. The van der Waals surface area contributed by atoms with E-state index in [4.69, 9.17) is 0 Å². The molecule has 0 aromatic heterocycles. The number of piperidine rings is 1. The molecule has 0 aromatic rings. The van der Waals surface area contributed by atoms with E-state index >= 15 is 0 Å². The molecule has 2 rings (SSSR count). The first-order valence-corrected chi connectivity index (χ1v) is 9.25. The van der Waals surface area contributed by atoms with Gasteiger partial charge in [-0.25, -0.2) is 0 Å². The Labute approximate surface area is 127 Å². The van der Waals surface area contributed by atoms with Crippen LogP contribution in [0.3, 0.4) is 0 Å². The van der Waals surface area contributed by atoms with Crippen LogP contribution in [0.5, 0.6) is 0 Å². The van der Waals surface area contributed by atoms with Crippen LogP contribution in [0.15, 0.2) is 0 Å². The van der Waals surface area contributed by atoms with E-state index < -0.39 is 0 Å². The highest BCUT2D eigenvalue weighted by Gasteiger charge is 2.39. The molecule has 0 amide bonds. The zero-order valence-electron chi connectivity index (χ0n) is 14.8. The minimum atomic E-state index is 0.505. The molecule has 0 aliphatic carbocycles. The Bertz CT molecular complexity index is 178. The van der Waals surface area contributed by atoms with Crippen molar-refractivity contribution < 1.29 is 0 Å². The van der Waals surface area contributed by atoms with Gasteiger partial charge in [-0.1, -0.05) is 41.5 Å². The van der Waals surface area contributed by atoms with E-state index in [0.29, 0.717) is 4.87 Å². The van der Waals surface area contributed by atoms with E-state index in [1.54, 1.807) is 0 Å². The van der Waals surface area contributed by atoms with Crippen LogP contribution in [0, 0.1) is 0 Å². The maximum atomic E-state index is 2.59. The molecule has 2 saturated heterocycles. The van der Waals surface area contributed by atoms with Crippen molar-refractivity contribution in [2.24, 2.45) is 0 Å². The lowest BCUT2D eigenvalue weighted by Gasteiger charge is -2.48. The van der Waals surface area contributed by atoms with Gasteiger partial charge in [0.25, 0.3) is 0 Å². The predicted octanol–water partition coefficient (Wildman–Crippen LogP) is 4.56. The summed E-state index contributed by atoms with van der Waals surface area (Å²) in [5.74, 6) is 1.37. The molecule has 3 heteroatoms. The van der Waals surface area contributed by atoms with Gasteiger partial charge in [-0.15, -0.1) is 11.8 Å². The monoisotopic (exact) mass is 290 g/mol. The molecule has 0 atom stereocenters. The average molecular weight is 291 g/mol. The molecular formula is C16H38N2S. The Morgan fingerprint density at radius 2 is 1.26 bits per heavy atom. The van der Waals surface area contributed by atoms with Crippen molar-refractivity contribution in [2.45, 2.75) is 65.7 Å². The quantitative estimate of drug-likeness (QED) is 0.646. The Morgan fingerprint density at radius 3 is 1.68 bits per heavy atom. The van der Waals surface area contributed by atoms with E-state index in [2.05, 4.69) is 35.7 Å². The van der Waals surface area contributed by atoms with Crippen molar-refractivity contribution in [2.75, 3.05) is 39.5 Å². The van der Waals surface area contributed by atoms with E-state index in [1.165, 1.54) is 44.6 Å². The van der Waals surface area contributed by atoms with Gasteiger partial charge in [0, 0.05) is 13.1 Å². The standard InChI is InChI=1S/C10H20N2S.3C2H6/c1-11-7-4-10(5-8-11)12(2)6-3-9-13-10;3*1-2/h3-9H2,1-2H3;3*1-2H3. The third-order valence-corrected chi connectivity index (χ3v) is 5.22. The van der Waals surface area contributed by atoms with Gasteiger partial charge in [-0.3, -0.25) is 4.90 Å². The van der Waals surface area contributed by atoms with Gasteiger partial charge in [0.15, 0.2) is 0 Å². The molecule has 0 aromatic carbocycles. The first-order chi connectivity index (χ1) is 9.23. The summed E-state index contributed by atoms with van der Waals surface area (Å²) in [5.41, 5.74) is 0. The summed E-state index contributed by atoms with van der Waals surface area (Å²) in [4.78, 5) is 5.55.